The molecule has 1 amide bonds. The molecule has 2 aromatic rings. The molecule has 0 bridgehead atoms. The Morgan fingerprint density at radius 3 is 2.33 bits per heavy atom. The zero-order chi connectivity index (χ0) is 24.4. The number of sulfonamides is 1. The largest absolute Gasteiger partial charge is 0.494 e. The zero-order valence-corrected chi connectivity index (χ0v) is 18.3. The molecule has 0 spiro atoms. The highest BCUT2D eigenvalue weighted by molar-refractivity contribution is 7.89. The van der Waals surface area contributed by atoms with Crippen molar-refractivity contribution in [3.63, 3.8) is 0 Å². The predicted molar refractivity (Wildman–Crippen MR) is 108 cm³/mol. The maximum Gasteiger partial charge on any atom is 0.416 e. The second-order valence-electron chi connectivity index (χ2n) is 7.43. The minimum absolute atomic E-state index is 0.103. The summed E-state index contributed by atoms with van der Waals surface area (Å²) in [5.41, 5.74) is -1.41. The lowest BCUT2D eigenvalue weighted by atomic mass is 10.1. The average molecular weight is 492 g/mol. The summed E-state index contributed by atoms with van der Waals surface area (Å²) in [4.78, 5) is 12.1. The van der Waals surface area contributed by atoms with Gasteiger partial charge in [-0.2, -0.15) is 21.9 Å². The zero-order valence-electron chi connectivity index (χ0n) is 17.5. The van der Waals surface area contributed by atoms with Gasteiger partial charge >= 0.3 is 6.18 Å². The van der Waals surface area contributed by atoms with Crippen molar-refractivity contribution in [3.8, 4) is 5.75 Å². The first kappa shape index (κ1) is 24.9. The lowest BCUT2D eigenvalue weighted by molar-refractivity contribution is -0.137. The number of methoxy groups -OCH3 is 1. The van der Waals surface area contributed by atoms with E-state index >= 15 is 0 Å². The lowest BCUT2D eigenvalue weighted by Crippen LogP contribution is -2.48. The molecule has 2 aromatic carbocycles. The topological polar surface area (TPSA) is 75.7 Å². The van der Waals surface area contributed by atoms with Crippen molar-refractivity contribution in [2.45, 2.75) is 42.9 Å². The van der Waals surface area contributed by atoms with Crippen LogP contribution in [0.3, 0.4) is 0 Å². The standard InChI is InChI=1S/C21H21F5N2O4S/c1-32-17-10-5-13(18(22)19(17)23)12-28(16-4-2-3-11-27-20(16)29)33(30,31)15-8-6-14(7-9-15)21(24,25)26/h5-10,16H,2-4,11-12H2,1H3,(H,27,29). The van der Waals surface area contributed by atoms with Crippen LogP contribution in [0.1, 0.15) is 30.4 Å². The van der Waals surface area contributed by atoms with E-state index in [4.69, 9.17) is 4.74 Å². The van der Waals surface area contributed by atoms with Crippen molar-refractivity contribution >= 4 is 15.9 Å². The summed E-state index contributed by atoms with van der Waals surface area (Å²) in [6, 6.07) is 3.72. The van der Waals surface area contributed by atoms with E-state index in [1.807, 2.05) is 0 Å². The van der Waals surface area contributed by atoms with Crippen LogP contribution in [0.15, 0.2) is 41.3 Å². The van der Waals surface area contributed by atoms with Gasteiger partial charge in [-0.1, -0.05) is 6.07 Å². The first-order chi connectivity index (χ1) is 15.5. The molecule has 1 atom stereocenters. The van der Waals surface area contributed by atoms with Gasteiger partial charge in [-0.25, -0.2) is 12.8 Å². The molecule has 1 aliphatic rings. The van der Waals surface area contributed by atoms with Crippen molar-refractivity contribution in [1.29, 1.82) is 0 Å². The number of carbonyl (C=O) groups is 1. The molecule has 0 aromatic heterocycles. The number of benzene rings is 2. The van der Waals surface area contributed by atoms with Gasteiger partial charge in [-0.3, -0.25) is 4.79 Å². The fraction of sp³-hybridized carbons (Fsp3) is 0.381. The summed E-state index contributed by atoms with van der Waals surface area (Å²) in [7, 11) is -3.44. The van der Waals surface area contributed by atoms with Crippen LogP contribution in [0, 0.1) is 11.6 Å². The molecule has 12 heteroatoms. The molecule has 1 fully saturated rings. The summed E-state index contributed by atoms with van der Waals surface area (Å²) in [6.45, 7) is -0.400. The van der Waals surface area contributed by atoms with E-state index in [0.29, 0.717) is 35.8 Å². The van der Waals surface area contributed by atoms with E-state index in [-0.39, 0.29) is 17.7 Å². The van der Waals surface area contributed by atoms with Crippen molar-refractivity contribution in [1.82, 2.24) is 9.62 Å². The third kappa shape index (κ3) is 5.27. The summed E-state index contributed by atoms with van der Waals surface area (Å²) >= 11 is 0. The monoisotopic (exact) mass is 492 g/mol. The van der Waals surface area contributed by atoms with Crippen molar-refractivity contribution < 1.29 is 39.9 Å². The van der Waals surface area contributed by atoms with E-state index in [1.54, 1.807) is 0 Å². The summed E-state index contributed by atoms with van der Waals surface area (Å²) in [6.07, 6.45) is -3.51. The fourth-order valence-corrected chi connectivity index (χ4v) is 5.13. The Bertz CT molecular complexity index is 1120. The second-order valence-corrected chi connectivity index (χ2v) is 9.32. The molecule has 33 heavy (non-hydrogen) atoms. The Labute approximate surface area is 187 Å². The molecule has 1 heterocycles. The number of nitrogens with one attached hydrogen (secondary N) is 1. The number of alkyl halides is 3. The van der Waals surface area contributed by atoms with Gasteiger partial charge in [0.25, 0.3) is 0 Å². The third-order valence-electron chi connectivity index (χ3n) is 5.32. The number of halogens is 5. The Morgan fingerprint density at radius 2 is 1.73 bits per heavy atom. The predicted octanol–water partition coefficient (Wildman–Crippen LogP) is 3.85. The molecule has 0 radical (unpaired) electrons. The third-order valence-corrected chi connectivity index (χ3v) is 7.18. The van der Waals surface area contributed by atoms with Crippen LogP contribution in [0.2, 0.25) is 0 Å². The maximum atomic E-state index is 14.6. The highest BCUT2D eigenvalue weighted by Crippen LogP contribution is 2.32. The van der Waals surface area contributed by atoms with Crippen LogP contribution >= 0.6 is 0 Å². The van der Waals surface area contributed by atoms with Crippen LogP contribution in [0.25, 0.3) is 0 Å². The van der Waals surface area contributed by atoms with Gasteiger partial charge in [-0.05, 0) is 49.6 Å². The first-order valence-electron chi connectivity index (χ1n) is 9.94. The fourth-order valence-electron chi connectivity index (χ4n) is 3.53. The van der Waals surface area contributed by atoms with E-state index in [9.17, 15) is 35.2 Å². The minimum atomic E-state index is -4.67. The summed E-state index contributed by atoms with van der Waals surface area (Å²) in [5.74, 6) is -3.69. The molecular weight excluding hydrogens is 471 g/mol. The molecule has 180 valence electrons. The van der Waals surface area contributed by atoms with E-state index in [0.717, 1.165) is 31.4 Å². The van der Waals surface area contributed by atoms with E-state index < -0.39 is 56.8 Å². The number of amides is 1. The Hall–Kier alpha value is -2.73. The molecule has 1 aliphatic heterocycles. The van der Waals surface area contributed by atoms with Crippen LogP contribution < -0.4 is 10.1 Å². The van der Waals surface area contributed by atoms with Gasteiger partial charge in [0.1, 0.15) is 6.04 Å². The number of hydrogen-bond acceptors (Lipinski definition) is 4. The van der Waals surface area contributed by atoms with Crippen LogP contribution in [-0.4, -0.2) is 38.3 Å². The SMILES string of the molecule is COc1ccc(CN(C2CCCCNC2=O)S(=O)(=O)c2ccc(C(F)(F)F)cc2)c(F)c1F. The minimum Gasteiger partial charge on any atom is -0.494 e. The smallest absolute Gasteiger partial charge is 0.416 e. The molecule has 6 nitrogen and oxygen atoms in total. The average Bonchev–Trinajstić information content (AvgIpc) is 2.98. The molecule has 1 unspecified atom stereocenters. The molecule has 1 saturated heterocycles. The highest BCUT2D eigenvalue weighted by Gasteiger charge is 2.38. The van der Waals surface area contributed by atoms with Gasteiger partial charge in [-0.15, -0.1) is 0 Å². The number of hydrogen-bond donors (Lipinski definition) is 1. The first-order valence-corrected chi connectivity index (χ1v) is 11.4. The molecule has 0 saturated carbocycles. The Morgan fingerprint density at radius 1 is 1.06 bits per heavy atom. The van der Waals surface area contributed by atoms with E-state index in [2.05, 4.69) is 5.32 Å². The number of nitrogens with zero attached hydrogens (tertiary/aromatic N) is 1. The molecule has 1 N–H and O–H groups in total. The molecule has 3 rings (SSSR count). The number of carbonyl (C=O) groups excluding carboxylic acids is 1. The van der Waals surface area contributed by atoms with Crippen molar-refractivity contribution in [2.75, 3.05) is 13.7 Å². The summed E-state index contributed by atoms with van der Waals surface area (Å²) < 4.78 is 99.7. The molecule has 0 aliphatic carbocycles. The van der Waals surface area contributed by atoms with Crippen molar-refractivity contribution in [3.05, 3.63) is 59.2 Å². The normalized spacial score (nSPS) is 17.5. The quantitative estimate of drug-likeness (QED) is 0.622. The van der Waals surface area contributed by atoms with Crippen LogP contribution in [0.4, 0.5) is 22.0 Å². The maximum absolute atomic E-state index is 14.6. The van der Waals surface area contributed by atoms with Gasteiger partial charge in [0, 0.05) is 18.7 Å². The number of ether oxygens (including phenoxy) is 1. The van der Waals surface area contributed by atoms with Crippen LogP contribution in [0.5, 0.6) is 5.75 Å². The number of rotatable bonds is 6. The van der Waals surface area contributed by atoms with Crippen molar-refractivity contribution in [2.24, 2.45) is 0 Å². The Balaban J connectivity index is 2.07. The van der Waals surface area contributed by atoms with Gasteiger partial charge < -0.3 is 10.1 Å². The summed E-state index contributed by atoms with van der Waals surface area (Å²) in [5, 5.41) is 2.58. The lowest BCUT2D eigenvalue weighted by Gasteiger charge is -2.29. The second kappa shape index (κ2) is 9.64. The van der Waals surface area contributed by atoms with Gasteiger partial charge in [0.05, 0.1) is 17.6 Å². The highest BCUT2D eigenvalue weighted by atomic mass is 32.2. The Kier molecular flexibility index (Phi) is 7.27. The van der Waals surface area contributed by atoms with Crippen LogP contribution in [-0.2, 0) is 27.5 Å². The van der Waals surface area contributed by atoms with Gasteiger partial charge in [0.15, 0.2) is 11.6 Å². The van der Waals surface area contributed by atoms with Gasteiger partial charge in [0.2, 0.25) is 21.7 Å². The molecular formula is C21H21F5N2O4S. The van der Waals surface area contributed by atoms with E-state index in [1.165, 1.54) is 0 Å².